The normalized spacial score (nSPS) is 13.9. The summed E-state index contributed by atoms with van der Waals surface area (Å²) in [7, 11) is 3.94. The van der Waals surface area contributed by atoms with Crippen LogP contribution in [0.15, 0.2) is 66.9 Å². The van der Waals surface area contributed by atoms with E-state index in [2.05, 4.69) is 4.98 Å². The van der Waals surface area contributed by atoms with E-state index in [4.69, 9.17) is 9.47 Å². The van der Waals surface area contributed by atoms with Gasteiger partial charge in [0.05, 0.1) is 11.3 Å². The molecular weight excluding hydrogens is 551 g/mol. The third-order valence-corrected chi connectivity index (χ3v) is 7.35. The molecule has 4 aromatic rings. The summed E-state index contributed by atoms with van der Waals surface area (Å²) in [6.07, 6.45) is -4.82. The molecule has 0 radical (unpaired) electrons. The zero-order valence-corrected chi connectivity index (χ0v) is 23.9. The number of aromatic hydroxyl groups is 1. The van der Waals surface area contributed by atoms with Crippen LogP contribution in [-0.2, 0) is 26.3 Å². The van der Waals surface area contributed by atoms with Crippen LogP contribution < -0.4 is 0 Å². The summed E-state index contributed by atoms with van der Waals surface area (Å²) in [5.74, 6) is -2.26. The van der Waals surface area contributed by atoms with Gasteiger partial charge in [0.2, 0.25) is 0 Å². The van der Waals surface area contributed by atoms with Crippen LogP contribution in [0.1, 0.15) is 51.0 Å². The molecule has 2 atom stereocenters. The predicted octanol–water partition coefficient (Wildman–Crippen LogP) is 5.68. The number of halogens is 3. The number of carbonyl (C=O) groups is 2. The highest BCUT2D eigenvalue weighted by atomic mass is 19.4. The maximum absolute atomic E-state index is 14.6. The van der Waals surface area contributed by atoms with Crippen LogP contribution in [0.4, 0.5) is 13.2 Å². The molecule has 0 fully saturated rings. The number of methoxy groups -OCH3 is 1. The summed E-state index contributed by atoms with van der Waals surface area (Å²) in [5, 5.41) is 11.3. The van der Waals surface area contributed by atoms with E-state index in [1.807, 2.05) is 0 Å². The van der Waals surface area contributed by atoms with Gasteiger partial charge in [-0.1, -0.05) is 60.7 Å². The first-order chi connectivity index (χ1) is 19.8. The number of aryl methyl sites for hydroxylation is 2. The number of benzene rings is 2. The van der Waals surface area contributed by atoms with E-state index in [-0.39, 0.29) is 41.3 Å². The van der Waals surface area contributed by atoms with Crippen LogP contribution in [0.2, 0.25) is 0 Å². The molecule has 1 N–H and O–H groups in total. The predicted molar refractivity (Wildman–Crippen MR) is 149 cm³/mol. The first-order valence-electron chi connectivity index (χ1n) is 13.2. The van der Waals surface area contributed by atoms with E-state index in [0.29, 0.717) is 11.3 Å². The molecule has 2 heterocycles. The molecule has 0 aliphatic rings. The fraction of sp³-hybridized carbons (Fsp3) is 0.323. The maximum atomic E-state index is 14.6. The number of esters is 1. The van der Waals surface area contributed by atoms with Crippen molar-refractivity contribution in [2.45, 2.75) is 44.6 Å². The number of imidazole rings is 1. The molecule has 8 nitrogen and oxygen atoms in total. The molecule has 42 heavy (non-hydrogen) atoms. The Kier molecular flexibility index (Phi) is 8.63. The van der Waals surface area contributed by atoms with Crippen molar-refractivity contribution in [1.82, 2.24) is 14.3 Å². The Hall–Kier alpha value is -4.38. The van der Waals surface area contributed by atoms with Gasteiger partial charge in [0.1, 0.15) is 6.10 Å². The number of carbonyl (C=O) groups excluding carboxylic acids is 2. The molecule has 0 spiro atoms. The van der Waals surface area contributed by atoms with Gasteiger partial charge in [-0.2, -0.15) is 13.2 Å². The molecule has 0 aliphatic heterocycles. The molecule has 0 aliphatic carbocycles. The Balaban J connectivity index is 1.77. The highest BCUT2D eigenvalue weighted by Crippen LogP contribution is 2.44. The number of amides is 1. The minimum Gasteiger partial charge on any atom is -0.504 e. The fourth-order valence-corrected chi connectivity index (χ4v) is 4.94. The molecule has 0 saturated carbocycles. The lowest BCUT2D eigenvalue weighted by Crippen LogP contribution is -2.52. The van der Waals surface area contributed by atoms with Crippen molar-refractivity contribution in [1.29, 1.82) is 0 Å². The van der Waals surface area contributed by atoms with E-state index >= 15 is 0 Å². The molecule has 2 aromatic carbocycles. The van der Waals surface area contributed by atoms with Crippen molar-refractivity contribution in [3.8, 4) is 5.75 Å². The Bertz CT molecular complexity index is 1590. The third-order valence-electron chi connectivity index (χ3n) is 7.35. The van der Waals surface area contributed by atoms with Crippen LogP contribution >= 0.6 is 0 Å². The fourth-order valence-electron chi connectivity index (χ4n) is 4.94. The average molecular weight is 584 g/mol. The van der Waals surface area contributed by atoms with Gasteiger partial charge in [0.25, 0.3) is 11.5 Å². The molecule has 11 heteroatoms. The number of aromatic nitrogens is 2. The highest BCUT2D eigenvalue weighted by Gasteiger charge is 2.64. The van der Waals surface area contributed by atoms with Crippen molar-refractivity contribution in [2.24, 2.45) is 0 Å². The van der Waals surface area contributed by atoms with Crippen molar-refractivity contribution in [2.75, 3.05) is 21.2 Å². The number of fused-ring (bicyclic) bond motifs is 1. The molecule has 4 rings (SSSR count). The first kappa shape index (κ1) is 30.6. The van der Waals surface area contributed by atoms with E-state index in [0.717, 1.165) is 24.9 Å². The second-order valence-corrected chi connectivity index (χ2v) is 10.1. The quantitative estimate of drug-likeness (QED) is 0.255. The maximum Gasteiger partial charge on any atom is 0.432 e. The van der Waals surface area contributed by atoms with Crippen LogP contribution in [0.5, 0.6) is 5.75 Å². The minimum atomic E-state index is -5.15. The Labute approximate surface area is 241 Å². The molecule has 0 bridgehead atoms. The zero-order valence-electron chi connectivity index (χ0n) is 23.9. The molecule has 0 saturated heterocycles. The zero-order chi connectivity index (χ0) is 30.8. The highest BCUT2D eigenvalue weighted by molar-refractivity contribution is 5.96. The number of hydrogen-bond acceptors (Lipinski definition) is 6. The molecule has 2 unspecified atom stereocenters. The van der Waals surface area contributed by atoms with Crippen molar-refractivity contribution in [3.05, 3.63) is 101 Å². The average Bonchev–Trinajstić information content (AvgIpc) is 3.25. The molecule has 222 valence electrons. The summed E-state index contributed by atoms with van der Waals surface area (Å²) in [6.45, 7) is 3.58. The minimum absolute atomic E-state index is 0.0214. The topological polar surface area (TPSA) is 93.4 Å². The monoisotopic (exact) mass is 583 g/mol. The van der Waals surface area contributed by atoms with E-state index < -0.39 is 29.4 Å². The number of ether oxygens (including phenoxy) is 2. The Morgan fingerprint density at radius 1 is 1.02 bits per heavy atom. The van der Waals surface area contributed by atoms with Gasteiger partial charge in [0.15, 0.2) is 11.4 Å². The summed E-state index contributed by atoms with van der Waals surface area (Å²) < 4.78 is 55.8. The molecule has 1 amide bonds. The summed E-state index contributed by atoms with van der Waals surface area (Å²) in [6, 6.07) is 14.9. The lowest BCUT2D eigenvalue weighted by atomic mass is 9.92. The number of rotatable bonds is 9. The Morgan fingerprint density at radius 2 is 1.62 bits per heavy atom. The third kappa shape index (κ3) is 5.44. The van der Waals surface area contributed by atoms with Crippen LogP contribution in [-0.4, -0.2) is 58.6 Å². The Morgan fingerprint density at radius 3 is 2.17 bits per heavy atom. The van der Waals surface area contributed by atoms with Gasteiger partial charge in [-0.15, -0.1) is 0 Å². The van der Waals surface area contributed by atoms with Gasteiger partial charge in [-0.3, -0.25) is 4.79 Å². The lowest BCUT2D eigenvalue weighted by Gasteiger charge is -2.34. The van der Waals surface area contributed by atoms with Gasteiger partial charge in [0, 0.05) is 44.2 Å². The number of nitrogens with zero attached hydrogens (tertiary/aromatic N) is 3. The van der Waals surface area contributed by atoms with Crippen LogP contribution in [0, 0.1) is 13.8 Å². The number of hydrogen-bond donors (Lipinski definition) is 1. The van der Waals surface area contributed by atoms with Crippen molar-refractivity contribution >= 4 is 17.5 Å². The van der Waals surface area contributed by atoms with E-state index in [9.17, 15) is 27.9 Å². The molecular formula is C31H32F3N3O5. The van der Waals surface area contributed by atoms with Crippen LogP contribution in [0.3, 0.4) is 0 Å². The second-order valence-electron chi connectivity index (χ2n) is 10.1. The van der Waals surface area contributed by atoms with Crippen LogP contribution in [0.25, 0.3) is 5.65 Å². The molecule has 2 aromatic heterocycles. The van der Waals surface area contributed by atoms with Gasteiger partial charge in [-0.05, 0) is 32.3 Å². The van der Waals surface area contributed by atoms with E-state index in [1.165, 1.54) is 23.1 Å². The first-order valence-corrected chi connectivity index (χ1v) is 13.2. The van der Waals surface area contributed by atoms with Gasteiger partial charge in [-0.25, -0.2) is 9.78 Å². The lowest BCUT2D eigenvalue weighted by molar-refractivity contribution is -0.278. The van der Waals surface area contributed by atoms with Gasteiger partial charge < -0.3 is 23.9 Å². The van der Waals surface area contributed by atoms with Crippen molar-refractivity contribution in [3.63, 3.8) is 0 Å². The number of alkyl halides is 3. The van der Waals surface area contributed by atoms with Gasteiger partial charge >= 0.3 is 12.1 Å². The van der Waals surface area contributed by atoms with E-state index in [1.54, 1.807) is 68.9 Å². The smallest absolute Gasteiger partial charge is 0.432 e. The summed E-state index contributed by atoms with van der Waals surface area (Å²) >= 11 is 0. The SMILES string of the molecule is COC(C(=O)OC(CCc1c(C(=O)N(C)C)cn2c(C)c(C)nc2c1O)c1ccccc1)(c1ccccc1)C(F)(F)F. The largest absolute Gasteiger partial charge is 0.504 e. The van der Waals surface area contributed by atoms with Crippen molar-refractivity contribution < 1.29 is 37.3 Å². The standard InChI is InChI=1S/C31H32F3N3O5/c1-19-20(2)37-18-24(28(39)36(3)4)23(26(38)27(37)35-19)16-17-25(21-12-8-6-9-13-21)42-29(40)30(41-5,31(32,33)34)22-14-10-7-11-15-22/h6-15,18,25,38H,16-17H2,1-5H3. The summed E-state index contributed by atoms with van der Waals surface area (Å²) in [5.41, 5.74) is -1.31. The summed E-state index contributed by atoms with van der Waals surface area (Å²) in [4.78, 5) is 32.4. The number of pyridine rings is 1. The second kappa shape index (κ2) is 11.8.